The first kappa shape index (κ1) is 15.4. The van der Waals surface area contributed by atoms with Crippen LogP contribution in [0.3, 0.4) is 0 Å². The predicted octanol–water partition coefficient (Wildman–Crippen LogP) is 3.09. The van der Waals surface area contributed by atoms with Gasteiger partial charge in [0.2, 0.25) is 0 Å². The minimum atomic E-state index is -0.144. The number of carbonyl (C=O) groups is 1. The van der Waals surface area contributed by atoms with Crippen molar-refractivity contribution >= 4 is 11.6 Å². The maximum Gasteiger partial charge on any atom is 0.415 e. The Morgan fingerprint density at radius 2 is 1.92 bits per heavy atom. The molecule has 6 heteroatoms. The van der Waals surface area contributed by atoms with Gasteiger partial charge in [-0.05, 0) is 37.1 Å². The highest BCUT2D eigenvalue weighted by atomic mass is 16.6. The first-order valence-corrected chi connectivity index (χ1v) is 8.14. The second-order valence-electron chi connectivity index (χ2n) is 5.97. The molecule has 1 amide bonds. The molecule has 0 N–H and O–H groups in total. The van der Waals surface area contributed by atoms with E-state index in [0.717, 1.165) is 17.7 Å². The average Bonchev–Trinajstić information content (AvgIpc) is 3.24. The lowest BCUT2D eigenvalue weighted by atomic mass is 10.1. The molecule has 1 atom stereocenters. The van der Waals surface area contributed by atoms with Gasteiger partial charge in [-0.1, -0.05) is 41.5 Å². The van der Waals surface area contributed by atoms with Gasteiger partial charge in [0.1, 0.15) is 0 Å². The maximum atomic E-state index is 12.6. The van der Waals surface area contributed by atoms with E-state index in [4.69, 9.17) is 9.15 Å². The van der Waals surface area contributed by atoms with Crippen LogP contribution in [0.25, 0.3) is 11.5 Å². The molecule has 0 saturated heterocycles. The summed E-state index contributed by atoms with van der Waals surface area (Å²) in [6, 6.07) is 17.4. The second-order valence-corrected chi connectivity index (χ2v) is 5.97. The van der Waals surface area contributed by atoms with Gasteiger partial charge in [-0.2, -0.15) is 0 Å². The van der Waals surface area contributed by atoms with Gasteiger partial charge < -0.3 is 14.1 Å². The molecule has 25 heavy (non-hydrogen) atoms. The molecule has 2 heterocycles. The van der Waals surface area contributed by atoms with Gasteiger partial charge in [0.15, 0.2) is 6.61 Å². The van der Waals surface area contributed by atoms with Gasteiger partial charge in [0.05, 0.1) is 0 Å². The lowest BCUT2D eigenvalue weighted by molar-refractivity contribution is -0.121. The Balaban J connectivity index is 1.44. The molecule has 126 valence electrons. The number of carbonyl (C=O) groups excluding carboxylic acids is 1. The number of fused-ring (bicyclic) bond motifs is 1. The third kappa shape index (κ3) is 2.98. The van der Waals surface area contributed by atoms with E-state index in [1.807, 2.05) is 61.5 Å². The molecular weight excluding hydrogens is 318 g/mol. The first-order valence-electron chi connectivity index (χ1n) is 8.14. The molecule has 1 aliphatic heterocycles. The molecule has 1 aromatic heterocycles. The molecule has 6 nitrogen and oxygen atoms in total. The molecule has 0 saturated carbocycles. The zero-order chi connectivity index (χ0) is 17.2. The van der Waals surface area contributed by atoms with Crippen molar-refractivity contribution < 1.29 is 13.9 Å². The Morgan fingerprint density at radius 1 is 1.16 bits per heavy atom. The van der Waals surface area contributed by atoms with Crippen molar-refractivity contribution in [2.24, 2.45) is 0 Å². The lowest BCUT2D eigenvalue weighted by Gasteiger charge is -2.22. The molecule has 2 aromatic carbocycles. The van der Waals surface area contributed by atoms with Crippen LogP contribution in [0.4, 0.5) is 5.69 Å². The minimum absolute atomic E-state index is 0.00709. The van der Waals surface area contributed by atoms with Gasteiger partial charge in [0.25, 0.3) is 11.8 Å². The number of hydrogen-bond donors (Lipinski definition) is 0. The molecule has 0 bridgehead atoms. The summed E-state index contributed by atoms with van der Waals surface area (Å²) in [5.41, 5.74) is 2.92. The Kier molecular flexibility index (Phi) is 3.93. The van der Waals surface area contributed by atoms with Gasteiger partial charge in [-0.15, -0.1) is 5.10 Å². The van der Waals surface area contributed by atoms with Crippen molar-refractivity contribution in [1.29, 1.82) is 0 Å². The minimum Gasteiger partial charge on any atom is -0.439 e. The van der Waals surface area contributed by atoms with Crippen molar-refractivity contribution in [2.75, 3.05) is 11.5 Å². The highest BCUT2D eigenvalue weighted by Crippen LogP contribution is 2.31. The van der Waals surface area contributed by atoms with Crippen molar-refractivity contribution in [2.45, 2.75) is 19.4 Å². The predicted molar refractivity (Wildman–Crippen MR) is 92.3 cm³/mol. The van der Waals surface area contributed by atoms with Crippen LogP contribution in [-0.4, -0.2) is 28.8 Å². The fraction of sp³-hybridized carbons (Fsp3) is 0.211. The highest BCUT2D eigenvalue weighted by Gasteiger charge is 2.30. The SMILES string of the molecule is C[C@@H]1Cc2ccccc2N1C(=O)COc1nnc(-c2ccccc2)o1. The van der Waals surface area contributed by atoms with Crippen molar-refractivity contribution in [3.63, 3.8) is 0 Å². The number of hydrogen-bond acceptors (Lipinski definition) is 5. The molecule has 0 unspecified atom stereocenters. The monoisotopic (exact) mass is 335 g/mol. The molecule has 0 fully saturated rings. The molecule has 3 aromatic rings. The zero-order valence-corrected chi connectivity index (χ0v) is 13.8. The number of para-hydroxylation sites is 1. The Hall–Kier alpha value is -3.15. The normalized spacial score (nSPS) is 15.9. The summed E-state index contributed by atoms with van der Waals surface area (Å²) in [6.07, 6.45) is 0.841. The van der Waals surface area contributed by atoms with Crippen LogP contribution in [0.2, 0.25) is 0 Å². The van der Waals surface area contributed by atoms with Crippen molar-refractivity contribution in [3.8, 4) is 17.5 Å². The van der Waals surface area contributed by atoms with Gasteiger partial charge >= 0.3 is 6.08 Å². The van der Waals surface area contributed by atoms with Crippen LogP contribution in [0.5, 0.6) is 6.08 Å². The summed E-state index contributed by atoms with van der Waals surface area (Å²) in [7, 11) is 0. The lowest BCUT2D eigenvalue weighted by Crippen LogP contribution is -2.39. The summed E-state index contributed by atoms with van der Waals surface area (Å²) in [6.45, 7) is 1.88. The van der Waals surface area contributed by atoms with Crippen molar-refractivity contribution in [3.05, 3.63) is 60.2 Å². The maximum absolute atomic E-state index is 12.6. The zero-order valence-electron chi connectivity index (χ0n) is 13.8. The van der Waals surface area contributed by atoms with E-state index < -0.39 is 0 Å². The van der Waals surface area contributed by atoms with Crippen LogP contribution in [-0.2, 0) is 11.2 Å². The molecule has 0 aliphatic carbocycles. The Morgan fingerprint density at radius 3 is 2.76 bits per heavy atom. The molecule has 1 aliphatic rings. The standard InChI is InChI=1S/C19H17N3O3/c1-13-11-15-9-5-6-10-16(15)22(13)17(23)12-24-19-21-20-18(25-19)14-7-3-2-4-8-14/h2-10,13H,11-12H2,1H3/t13-/m1/s1. The third-order valence-corrected chi connectivity index (χ3v) is 4.22. The molecule has 4 rings (SSSR count). The van der Waals surface area contributed by atoms with E-state index in [1.54, 1.807) is 4.90 Å². The van der Waals surface area contributed by atoms with E-state index in [1.165, 1.54) is 5.56 Å². The third-order valence-electron chi connectivity index (χ3n) is 4.22. The average molecular weight is 335 g/mol. The summed E-state index contributed by atoms with van der Waals surface area (Å²) < 4.78 is 10.9. The van der Waals surface area contributed by atoms with E-state index in [-0.39, 0.29) is 24.6 Å². The summed E-state index contributed by atoms with van der Waals surface area (Å²) >= 11 is 0. The fourth-order valence-electron chi connectivity index (χ4n) is 3.10. The van der Waals surface area contributed by atoms with Crippen molar-refractivity contribution in [1.82, 2.24) is 10.2 Å². The number of benzene rings is 2. The van der Waals surface area contributed by atoms with Crippen LogP contribution in [0.15, 0.2) is 59.0 Å². The van der Waals surface area contributed by atoms with Gasteiger partial charge in [-0.25, -0.2) is 0 Å². The van der Waals surface area contributed by atoms with E-state index in [9.17, 15) is 4.79 Å². The molecule has 0 radical (unpaired) electrons. The van der Waals surface area contributed by atoms with E-state index in [0.29, 0.717) is 5.89 Å². The number of rotatable bonds is 4. The van der Waals surface area contributed by atoms with Crippen LogP contribution in [0.1, 0.15) is 12.5 Å². The number of aromatic nitrogens is 2. The summed E-state index contributed by atoms with van der Waals surface area (Å²) in [5.74, 6) is 0.236. The number of ether oxygens (including phenoxy) is 1. The smallest absolute Gasteiger partial charge is 0.415 e. The summed E-state index contributed by atoms with van der Waals surface area (Å²) in [5, 5.41) is 7.79. The Bertz CT molecular complexity index is 892. The highest BCUT2D eigenvalue weighted by molar-refractivity contribution is 5.97. The van der Waals surface area contributed by atoms with Gasteiger partial charge in [-0.3, -0.25) is 4.79 Å². The number of amides is 1. The molecular formula is C19H17N3O3. The van der Waals surface area contributed by atoms with E-state index >= 15 is 0 Å². The quantitative estimate of drug-likeness (QED) is 0.733. The van der Waals surface area contributed by atoms with Crippen LogP contribution >= 0.6 is 0 Å². The summed E-state index contributed by atoms with van der Waals surface area (Å²) in [4.78, 5) is 14.3. The first-order chi connectivity index (χ1) is 12.2. The number of anilines is 1. The number of nitrogens with zero attached hydrogens (tertiary/aromatic N) is 3. The Labute approximate surface area is 145 Å². The topological polar surface area (TPSA) is 68.5 Å². The largest absolute Gasteiger partial charge is 0.439 e. The fourth-order valence-corrected chi connectivity index (χ4v) is 3.10. The van der Waals surface area contributed by atoms with Gasteiger partial charge in [0, 0.05) is 17.3 Å². The van der Waals surface area contributed by atoms with Crippen LogP contribution in [0, 0.1) is 0 Å². The molecule has 0 spiro atoms. The van der Waals surface area contributed by atoms with Crippen LogP contribution < -0.4 is 9.64 Å². The van der Waals surface area contributed by atoms with E-state index in [2.05, 4.69) is 10.2 Å². The second kappa shape index (κ2) is 6.39.